The van der Waals surface area contributed by atoms with Crippen molar-refractivity contribution in [2.75, 3.05) is 0 Å². The van der Waals surface area contributed by atoms with Gasteiger partial charge >= 0.3 is 0 Å². The Hall–Kier alpha value is -0.960. The van der Waals surface area contributed by atoms with E-state index in [4.69, 9.17) is 0 Å². The molecule has 0 spiro atoms. The molecule has 0 aliphatic heterocycles. The van der Waals surface area contributed by atoms with E-state index >= 15 is 0 Å². The van der Waals surface area contributed by atoms with Crippen LogP contribution in [-0.2, 0) is 5.60 Å². The van der Waals surface area contributed by atoms with Crippen LogP contribution >= 0.6 is 0 Å². The Morgan fingerprint density at radius 1 is 1.29 bits per heavy atom. The minimum atomic E-state index is -1.25. The summed E-state index contributed by atoms with van der Waals surface area (Å²) in [5.41, 5.74) is -1.21. The highest BCUT2D eigenvalue weighted by Crippen LogP contribution is 2.53. The number of hydrogen-bond acceptors (Lipinski definition) is 1. The second-order valence-corrected chi connectivity index (χ2v) is 5.97. The van der Waals surface area contributed by atoms with E-state index in [-0.39, 0.29) is 16.9 Å². The van der Waals surface area contributed by atoms with Gasteiger partial charge in [0.1, 0.15) is 0 Å². The molecule has 3 heteroatoms. The lowest BCUT2D eigenvalue weighted by Crippen LogP contribution is -2.30. The van der Waals surface area contributed by atoms with Gasteiger partial charge in [0.25, 0.3) is 0 Å². The van der Waals surface area contributed by atoms with Crippen LogP contribution in [0, 0.1) is 23.0 Å². The molecule has 1 saturated carbocycles. The molecule has 0 saturated heterocycles. The quantitative estimate of drug-likeness (QED) is 0.795. The Morgan fingerprint density at radius 3 is 2.47 bits per heavy atom. The van der Waals surface area contributed by atoms with Crippen LogP contribution in [-0.4, -0.2) is 5.11 Å². The van der Waals surface area contributed by atoms with Crippen molar-refractivity contribution < 1.29 is 13.9 Å². The lowest BCUT2D eigenvalue weighted by Gasteiger charge is -2.29. The molecule has 1 fully saturated rings. The van der Waals surface area contributed by atoms with Crippen molar-refractivity contribution in [1.82, 2.24) is 0 Å². The van der Waals surface area contributed by atoms with Crippen molar-refractivity contribution in [1.29, 1.82) is 0 Å². The van der Waals surface area contributed by atoms with Crippen molar-refractivity contribution in [3.63, 3.8) is 0 Å². The third kappa shape index (κ3) is 1.97. The van der Waals surface area contributed by atoms with Gasteiger partial charge in [-0.2, -0.15) is 0 Å². The number of aliphatic hydroxyl groups is 1. The molecule has 2 unspecified atom stereocenters. The fourth-order valence-corrected chi connectivity index (χ4v) is 3.17. The van der Waals surface area contributed by atoms with E-state index in [1.807, 2.05) is 20.8 Å². The maximum atomic E-state index is 13.8. The fraction of sp³-hybridized carbons (Fsp3) is 0.571. The van der Waals surface area contributed by atoms with Gasteiger partial charge in [0.2, 0.25) is 0 Å². The Kier molecular flexibility index (Phi) is 2.77. The highest BCUT2D eigenvalue weighted by atomic mass is 19.2. The molecule has 2 atom stereocenters. The first kappa shape index (κ1) is 12.5. The van der Waals surface area contributed by atoms with Crippen molar-refractivity contribution in [3.8, 4) is 0 Å². The van der Waals surface area contributed by atoms with Crippen LogP contribution in [0.25, 0.3) is 0 Å². The number of benzene rings is 1. The fourth-order valence-electron chi connectivity index (χ4n) is 3.17. The van der Waals surface area contributed by atoms with Gasteiger partial charge < -0.3 is 5.11 Å². The molecule has 94 valence electrons. The molecule has 2 rings (SSSR count). The van der Waals surface area contributed by atoms with E-state index in [1.165, 1.54) is 12.1 Å². The van der Waals surface area contributed by atoms with Crippen LogP contribution < -0.4 is 0 Å². The molecular formula is C14H18F2O. The summed E-state index contributed by atoms with van der Waals surface area (Å²) in [4.78, 5) is 0. The molecule has 0 amide bonds. The van der Waals surface area contributed by atoms with E-state index in [9.17, 15) is 13.9 Å². The number of halogens is 2. The Bertz CT molecular complexity index is 442. The second kappa shape index (κ2) is 3.77. The van der Waals surface area contributed by atoms with Crippen LogP contribution in [0.3, 0.4) is 0 Å². The predicted octanol–water partition coefficient (Wildman–Crippen LogP) is 3.61. The average molecular weight is 240 g/mol. The SMILES string of the molecule is CC1CC(C)(C)CC1(O)c1cccc(F)c1F. The minimum Gasteiger partial charge on any atom is -0.385 e. The summed E-state index contributed by atoms with van der Waals surface area (Å²) in [5, 5.41) is 10.7. The molecule has 0 bridgehead atoms. The van der Waals surface area contributed by atoms with Crippen molar-refractivity contribution in [2.24, 2.45) is 11.3 Å². The maximum absolute atomic E-state index is 13.8. The van der Waals surface area contributed by atoms with Crippen LogP contribution in [0.15, 0.2) is 18.2 Å². The molecule has 1 aliphatic carbocycles. The first-order valence-corrected chi connectivity index (χ1v) is 5.93. The molecule has 1 aliphatic rings. The summed E-state index contributed by atoms with van der Waals surface area (Å²) >= 11 is 0. The number of rotatable bonds is 1. The first-order chi connectivity index (χ1) is 7.76. The molecular weight excluding hydrogens is 222 g/mol. The van der Waals surface area contributed by atoms with Gasteiger partial charge in [-0.1, -0.05) is 32.9 Å². The summed E-state index contributed by atoms with van der Waals surface area (Å²) < 4.78 is 27.0. The highest BCUT2D eigenvalue weighted by Gasteiger charge is 2.49. The van der Waals surface area contributed by atoms with E-state index in [0.29, 0.717) is 6.42 Å². The minimum absolute atomic E-state index is 0.0487. The van der Waals surface area contributed by atoms with Crippen molar-refractivity contribution in [3.05, 3.63) is 35.4 Å². The van der Waals surface area contributed by atoms with Crippen LogP contribution in [0.5, 0.6) is 0 Å². The summed E-state index contributed by atoms with van der Waals surface area (Å²) in [6.07, 6.45) is 1.26. The van der Waals surface area contributed by atoms with Crippen LogP contribution in [0.4, 0.5) is 8.78 Å². The third-order valence-corrected chi connectivity index (χ3v) is 3.84. The van der Waals surface area contributed by atoms with Gasteiger partial charge in [0, 0.05) is 5.56 Å². The smallest absolute Gasteiger partial charge is 0.164 e. The zero-order chi connectivity index (χ0) is 12.8. The third-order valence-electron chi connectivity index (χ3n) is 3.84. The molecule has 1 aromatic carbocycles. The van der Waals surface area contributed by atoms with Gasteiger partial charge in [-0.3, -0.25) is 0 Å². The normalized spacial score (nSPS) is 31.8. The summed E-state index contributed by atoms with van der Waals surface area (Å²) in [6, 6.07) is 4.01. The van der Waals surface area contributed by atoms with Gasteiger partial charge in [0.05, 0.1) is 5.60 Å². The van der Waals surface area contributed by atoms with Gasteiger partial charge in [-0.25, -0.2) is 8.78 Å². The van der Waals surface area contributed by atoms with E-state index in [1.54, 1.807) is 0 Å². The lowest BCUT2D eigenvalue weighted by molar-refractivity contribution is -0.00463. The highest BCUT2D eigenvalue weighted by molar-refractivity contribution is 5.28. The van der Waals surface area contributed by atoms with Gasteiger partial charge in [0.15, 0.2) is 11.6 Å². The molecule has 0 heterocycles. The topological polar surface area (TPSA) is 20.2 Å². The Labute approximate surface area is 100 Å². The summed E-state index contributed by atoms with van der Waals surface area (Å²) in [7, 11) is 0. The van der Waals surface area contributed by atoms with Crippen LogP contribution in [0.2, 0.25) is 0 Å². The molecule has 0 aromatic heterocycles. The van der Waals surface area contributed by atoms with Gasteiger partial charge in [-0.15, -0.1) is 0 Å². The van der Waals surface area contributed by atoms with E-state index in [2.05, 4.69) is 0 Å². The summed E-state index contributed by atoms with van der Waals surface area (Å²) in [6.45, 7) is 5.97. The number of hydrogen-bond donors (Lipinski definition) is 1. The van der Waals surface area contributed by atoms with Crippen molar-refractivity contribution >= 4 is 0 Å². The first-order valence-electron chi connectivity index (χ1n) is 5.93. The average Bonchev–Trinajstić information content (AvgIpc) is 2.40. The monoisotopic (exact) mass is 240 g/mol. The standard InChI is InChI=1S/C14H18F2O/c1-9-7-13(2,3)8-14(9,17)10-5-4-6-11(15)12(10)16/h4-6,9,17H,7-8H2,1-3H3. The molecule has 1 nitrogen and oxygen atoms in total. The van der Waals surface area contributed by atoms with E-state index < -0.39 is 17.2 Å². The molecule has 1 N–H and O–H groups in total. The zero-order valence-corrected chi connectivity index (χ0v) is 10.4. The largest absolute Gasteiger partial charge is 0.385 e. The van der Waals surface area contributed by atoms with Gasteiger partial charge in [-0.05, 0) is 30.2 Å². The van der Waals surface area contributed by atoms with Crippen molar-refractivity contribution in [2.45, 2.75) is 39.2 Å². The molecule has 0 radical (unpaired) electrons. The second-order valence-electron chi connectivity index (χ2n) is 5.97. The van der Waals surface area contributed by atoms with E-state index in [0.717, 1.165) is 12.5 Å². The predicted molar refractivity (Wildman–Crippen MR) is 62.4 cm³/mol. The molecule has 17 heavy (non-hydrogen) atoms. The zero-order valence-electron chi connectivity index (χ0n) is 10.4. The Balaban J connectivity index is 2.49. The Morgan fingerprint density at radius 2 is 1.94 bits per heavy atom. The summed E-state index contributed by atoms with van der Waals surface area (Å²) in [5.74, 6) is -1.89. The molecule has 1 aromatic rings. The maximum Gasteiger partial charge on any atom is 0.164 e. The van der Waals surface area contributed by atoms with Crippen LogP contribution in [0.1, 0.15) is 39.2 Å². The lowest BCUT2D eigenvalue weighted by atomic mass is 9.83.